The summed E-state index contributed by atoms with van der Waals surface area (Å²) in [6, 6.07) is 13.2. The molecular weight excluding hydrogens is 372 g/mol. The van der Waals surface area contributed by atoms with Crippen LogP contribution in [0.15, 0.2) is 42.5 Å². The lowest BCUT2D eigenvalue weighted by molar-refractivity contribution is -0.114. The number of aryl methyl sites for hydroxylation is 1. The molecule has 0 aliphatic heterocycles. The van der Waals surface area contributed by atoms with Gasteiger partial charge in [-0.05, 0) is 41.5 Å². The highest BCUT2D eigenvalue weighted by molar-refractivity contribution is 7.92. The van der Waals surface area contributed by atoms with Crippen molar-refractivity contribution in [2.45, 2.75) is 46.5 Å². The van der Waals surface area contributed by atoms with E-state index in [1.807, 2.05) is 37.3 Å². The van der Waals surface area contributed by atoms with Crippen LogP contribution in [0.3, 0.4) is 0 Å². The zero-order valence-electron chi connectivity index (χ0n) is 17.5. The second-order valence-electron chi connectivity index (χ2n) is 7.73. The molecule has 0 radical (unpaired) electrons. The third kappa shape index (κ3) is 5.13. The van der Waals surface area contributed by atoms with Gasteiger partial charge in [-0.3, -0.25) is 9.10 Å². The lowest BCUT2D eigenvalue weighted by atomic mass is 9.92. The Kier molecular flexibility index (Phi) is 6.88. The van der Waals surface area contributed by atoms with Crippen LogP contribution >= 0.6 is 0 Å². The number of benzene rings is 2. The minimum Gasteiger partial charge on any atom is -0.324 e. The highest BCUT2D eigenvalue weighted by Crippen LogP contribution is 2.32. The van der Waals surface area contributed by atoms with E-state index in [9.17, 15) is 13.2 Å². The Morgan fingerprint density at radius 1 is 0.964 bits per heavy atom. The van der Waals surface area contributed by atoms with E-state index in [0.717, 1.165) is 32.9 Å². The molecule has 0 unspecified atom stereocenters. The molecule has 0 aliphatic carbocycles. The molecule has 152 valence electrons. The van der Waals surface area contributed by atoms with Crippen LogP contribution in [0.5, 0.6) is 0 Å². The van der Waals surface area contributed by atoms with Gasteiger partial charge in [0.1, 0.15) is 6.54 Å². The molecule has 0 aliphatic rings. The molecule has 6 heteroatoms. The largest absolute Gasteiger partial charge is 0.324 e. The van der Waals surface area contributed by atoms with Crippen molar-refractivity contribution in [3.63, 3.8) is 0 Å². The minimum absolute atomic E-state index is 0.233. The van der Waals surface area contributed by atoms with Crippen molar-refractivity contribution >= 4 is 27.3 Å². The van der Waals surface area contributed by atoms with E-state index < -0.39 is 10.0 Å². The van der Waals surface area contributed by atoms with Crippen LogP contribution in [0.2, 0.25) is 0 Å². The highest BCUT2D eigenvalue weighted by atomic mass is 32.2. The van der Waals surface area contributed by atoms with Gasteiger partial charge in [-0.1, -0.05) is 64.1 Å². The molecule has 28 heavy (non-hydrogen) atoms. The first-order chi connectivity index (χ1) is 13.0. The summed E-state index contributed by atoms with van der Waals surface area (Å²) in [6.45, 7) is 9.86. The second-order valence-corrected chi connectivity index (χ2v) is 9.63. The first-order valence-electron chi connectivity index (χ1n) is 9.48. The van der Waals surface area contributed by atoms with Gasteiger partial charge in [-0.25, -0.2) is 8.42 Å². The first-order valence-corrected chi connectivity index (χ1v) is 11.3. The fourth-order valence-corrected chi connectivity index (χ4v) is 4.14. The summed E-state index contributed by atoms with van der Waals surface area (Å²) in [5, 5.41) is 2.99. The number of rotatable bonds is 7. The van der Waals surface area contributed by atoms with Crippen LogP contribution in [0.4, 0.5) is 11.4 Å². The number of amides is 1. The number of carbonyl (C=O) groups excluding carboxylic acids is 1. The number of anilines is 2. The van der Waals surface area contributed by atoms with Gasteiger partial charge in [0.2, 0.25) is 15.9 Å². The summed E-state index contributed by atoms with van der Waals surface area (Å²) < 4.78 is 25.9. The first kappa shape index (κ1) is 22.0. The Morgan fingerprint density at radius 2 is 1.50 bits per heavy atom. The van der Waals surface area contributed by atoms with Crippen molar-refractivity contribution in [1.82, 2.24) is 0 Å². The monoisotopic (exact) mass is 402 g/mol. The van der Waals surface area contributed by atoms with Crippen molar-refractivity contribution in [2.75, 3.05) is 22.4 Å². The molecule has 0 atom stereocenters. The maximum absolute atomic E-state index is 12.9. The van der Waals surface area contributed by atoms with Gasteiger partial charge in [-0.2, -0.15) is 0 Å². The van der Waals surface area contributed by atoms with E-state index in [1.54, 1.807) is 12.1 Å². The Balaban J connectivity index is 2.38. The van der Waals surface area contributed by atoms with Gasteiger partial charge in [0, 0.05) is 5.69 Å². The Hall–Kier alpha value is -2.34. The predicted molar refractivity (Wildman–Crippen MR) is 117 cm³/mol. The summed E-state index contributed by atoms with van der Waals surface area (Å²) in [5.41, 5.74) is 4.19. The molecule has 5 nitrogen and oxygen atoms in total. The maximum Gasteiger partial charge on any atom is 0.245 e. The van der Waals surface area contributed by atoms with Crippen molar-refractivity contribution in [1.29, 1.82) is 0 Å². The fraction of sp³-hybridized carbons (Fsp3) is 0.409. The Labute approximate surface area is 168 Å². The molecule has 2 aromatic rings. The normalized spacial score (nSPS) is 11.7. The number of hydrogen-bond donors (Lipinski definition) is 1. The van der Waals surface area contributed by atoms with Crippen LogP contribution in [-0.2, 0) is 14.8 Å². The number of para-hydroxylation sites is 2. The number of sulfonamides is 1. The van der Waals surface area contributed by atoms with Crippen molar-refractivity contribution in [3.05, 3.63) is 59.2 Å². The zero-order chi connectivity index (χ0) is 21.1. The second kappa shape index (κ2) is 8.78. The van der Waals surface area contributed by atoms with Crippen LogP contribution in [0.1, 0.15) is 56.2 Å². The summed E-state index contributed by atoms with van der Waals surface area (Å²) in [6.07, 6.45) is 1.12. The molecule has 0 saturated carbocycles. The molecule has 0 saturated heterocycles. The highest BCUT2D eigenvalue weighted by Gasteiger charge is 2.23. The van der Waals surface area contributed by atoms with E-state index in [-0.39, 0.29) is 24.3 Å². The SMILES string of the molecule is Cc1ccccc1N(CC(=O)Nc1c(C(C)C)cccc1C(C)C)S(C)(=O)=O. The quantitative estimate of drug-likeness (QED) is 0.733. The molecular formula is C22H30N2O3S. The van der Waals surface area contributed by atoms with Crippen LogP contribution in [-0.4, -0.2) is 27.1 Å². The van der Waals surface area contributed by atoms with Crippen molar-refractivity contribution < 1.29 is 13.2 Å². The smallest absolute Gasteiger partial charge is 0.245 e. The molecule has 2 aromatic carbocycles. The number of nitrogens with zero attached hydrogens (tertiary/aromatic N) is 1. The lowest BCUT2D eigenvalue weighted by Gasteiger charge is -2.25. The third-order valence-electron chi connectivity index (χ3n) is 4.71. The van der Waals surface area contributed by atoms with E-state index >= 15 is 0 Å². The average Bonchev–Trinajstić information content (AvgIpc) is 2.59. The predicted octanol–water partition coefficient (Wildman–Crippen LogP) is 4.65. The topological polar surface area (TPSA) is 66.5 Å². The molecule has 0 bridgehead atoms. The van der Waals surface area contributed by atoms with Crippen molar-refractivity contribution in [2.24, 2.45) is 0 Å². The van der Waals surface area contributed by atoms with Crippen molar-refractivity contribution in [3.8, 4) is 0 Å². The number of carbonyl (C=O) groups is 1. The lowest BCUT2D eigenvalue weighted by Crippen LogP contribution is -2.38. The molecule has 1 N–H and O–H groups in total. The zero-order valence-corrected chi connectivity index (χ0v) is 18.3. The van der Waals surface area contributed by atoms with Gasteiger partial charge in [0.15, 0.2) is 0 Å². The van der Waals surface area contributed by atoms with Crippen LogP contribution in [0.25, 0.3) is 0 Å². The van der Waals surface area contributed by atoms with Crippen LogP contribution in [0, 0.1) is 6.92 Å². The third-order valence-corrected chi connectivity index (χ3v) is 5.84. The standard InChI is InChI=1S/C22H30N2O3S/c1-15(2)18-11-9-12-19(16(3)4)22(18)23-21(25)14-24(28(6,26)27)20-13-8-7-10-17(20)5/h7-13,15-16H,14H2,1-6H3,(H,23,25). The molecule has 0 spiro atoms. The molecule has 0 heterocycles. The molecule has 0 aromatic heterocycles. The minimum atomic E-state index is -3.61. The summed E-state index contributed by atoms with van der Waals surface area (Å²) in [7, 11) is -3.61. The number of nitrogens with one attached hydrogen (secondary N) is 1. The summed E-state index contributed by atoms with van der Waals surface area (Å²) in [5.74, 6) is 0.108. The maximum atomic E-state index is 12.9. The van der Waals surface area contributed by atoms with Gasteiger partial charge >= 0.3 is 0 Å². The van der Waals surface area contributed by atoms with Gasteiger partial charge < -0.3 is 5.32 Å². The van der Waals surface area contributed by atoms with Gasteiger partial charge in [-0.15, -0.1) is 0 Å². The number of hydrogen-bond acceptors (Lipinski definition) is 3. The summed E-state index contributed by atoms with van der Waals surface area (Å²) >= 11 is 0. The summed E-state index contributed by atoms with van der Waals surface area (Å²) in [4.78, 5) is 12.9. The van der Waals surface area contributed by atoms with Gasteiger partial charge in [0.25, 0.3) is 0 Å². The van der Waals surface area contributed by atoms with E-state index in [4.69, 9.17) is 0 Å². The van der Waals surface area contributed by atoms with E-state index in [1.165, 1.54) is 0 Å². The van der Waals surface area contributed by atoms with Crippen LogP contribution < -0.4 is 9.62 Å². The molecule has 0 fully saturated rings. The molecule has 2 rings (SSSR count). The Morgan fingerprint density at radius 3 is 1.96 bits per heavy atom. The fourth-order valence-electron chi connectivity index (χ4n) is 3.23. The molecule has 1 amide bonds. The van der Waals surface area contributed by atoms with E-state index in [2.05, 4.69) is 33.0 Å². The van der Waals surface area contributed by atoms with Gasteiger partial charge in [0.05, 0.1) is 11.9 Å². The Bertz CT molecular complexity index is 924. The van der Waals surface area contributed by atoms with E-state index in [0.29, 0.717) is 5.69 Å². The average molecular weight is 403 g/mol.